The van der Waals surface area contributed by atoms with Crippen molar-refractivity contribution in [3.05, 3.63) is 24.3 Å². The third-order valence-corrected chi connectivity index (χ3v) is 3.36. The van der Waals surface area contributed by atoms with E-state index in [1.165, 1.54) is 31.6 Å². The fourth-order valence-corrected chi connectivity index (χ4v) is 2.66. The number of rotatable bonds is 3. The van der Waals surface area contributed by atoms with Crippen LogP contribution in [0.4, 0.5) is 11.4 Å². The number of hydrogen-bond acceptors (Lipinski definition) is 2. The van der Waals surface area contributed by atoms with Crippen molar-refractivity contribution in [2.24, 2.45) is 0 Å². The molecular weight excluding hydrogens is 246 g/mol. The average Bonchev–Trinajstić information content (AvgIpc) is 2.64. The van der Waals surface area contributed by atoms with Crippen molar-refractivity contribution in [1.82, 2.24) is 0 Å². The molecule has 102 valence electrons. The van der Waals surface area contributed by atoms with Gasteiger partial charge in [-0.25, -0.2) is 0 Å². The second-order valence-corrected chi connectivity index (χ2v) is 6.05. The lowest BCUT2D eigenvalue weighted by atomic mass is 10.2. The second kappa shape index (κ2) is 5.81. The Morgan fingerprint density at radius 3 is 2.39 bits per heavy atom. The van der Waals surface area contributed by atoms with Gasteiger partial charge < -0.3 is 27.5 Å². The zero-order chi connectivity index (χ0) is 12.5. The highest BCUT2D eigenvalue weighted by Gasteiger charge is 2.29. The fourth-order valence-electron chi connectivity index (χ4n) is 2.66. The van der Waals surface area contributed by atoms with Crippen LogP contribution in [0.2, 0.25) is 0 Å². The van der Waals surface area contributed by atoms with Gasteiger partial charge >= 0.3 is 0 Å². The van der Waals surface area contributed by atoms with Crippen molar-refractivity contribution >= 4 is 11.4 Å². The minimum absolute atomic E-state index is 0. The molecule has 1 atom stereocenters. The van der Waals surface area contributed by atoms with Crippen LogP contribution in [0.15, 0.2) is 24.3 Å². The molecule has 1 saturated heterocycles. The maximum absolute atomic E-state index is 5.74. The molecule has 0 aliphatic carbocycles. The zero-order valence-electron chi connectivity index (χ0n) is 11.6. The molecule has 1 unspecified atom stereocenters. The normalized spacial score (nSPS) is 19.7. The van der Waals surface area contributed by atoms with Crippen molar-refractivity contribution in [3.63, 3.8) is 0 Å². The zero-order valence-corrected chi connectivity index (χ0v) is 12.3. The molecule has 0 spiro atoms. The van der Waals surface area contributed by atoms with Gasteiger partial charge in [-0.3, -0.25) is 0 Å². The lowest BCUT2D eigenvalue weighted by Gasteiger charge is -2.33. The number of nitrogen functional groups attached to an aromatic ring is 1. The van der Waals surface area contributed by atoms with E-state index < -0.39 is 0 Å². The first-order chi connectivity index (χ1) is 7.96. The number of likely N-dealkylation sites (N-methyl/N-ethyl adjacent to an activating group) is 1. The van der Waals surface area contributed by atoms with Crippen molar-refractivity contribution < 1.29 is 16.9 Å². The maximum atomic E-state index is 5.74. The first kappa shape index (κ1) is 15.1. The molecule has 1 aliphatic rings. The van der Waals surface area contributed by atoms with Gasteiger partial charge in [-0.2, -0.15) is 0 Å². The van der Waals surface area contributed by atoms with Crippen LogP contribution in [-0.2, 0) is 0 Å². The molecule has 0 aromatic heterocycles. The Bertz CT molecular complexity index is 370. The Morgan fingerprint density at radius 2 is 1.83 bits per heavy atom. The fraction of sp³-hybridized carbons (Fsp3) is 0.571. The molecule has 1 aromatic rings. The number of nitrogens with zero attached hydrogens (tertiary/aromatic N) is 2. The van der Waals surface area contributed by atoms with Crippen molar-refractivity contribution in [1.29, 1.82) is 0 Å². The first-order valence-electron chi connectivity index (χ1n) is 6.38. The highest BCUT2D eigenvalue weighted by Crippen LogP contribution is 2.27. The molecule has 3 nitrogen and oxygen atoms in total. The van der Waals surface area contributed by atoms with Gasteiger partial charge in [-0.1, -0.05) is 0 Å². The Labute approximate surface area is 117 Å². The minimum Gasteiger partial charge on any atom is -1.00 e. The molecule has 2 rings (SSSR count). The van der Waals surface area contributed by atoms with Crippen LogP contribution in [0.25, 0.3) is 0 Å². The molecule has 1 aliphatic heterocycles. The van der Waals surface area contributed by atoms with Gasteiger partial charge in [0.25, 0.3) is 0 Å². The van der Waals surface area contributed by atoms with E-state index >= 15 is 0 Å². The summed E-state index contributed by atoms with van der Waals surface area (Å²) in [6.45, 7) is 2.37. The summed E-state index contributed by atoms with van der Waals surface area (Å²) >= 11 is 0. The van der Waals surface area contributed by atoms with E-state index in [0.717, 1.165) is 10.2 Å². The summed E-state index contributed by atoms with van der Waals surface area (Å²) in [4.78, 5) is 2.53. The minimum atomic E-state index is 0. The highest BCUT2D eigenvalue weighted by atomic mass is 35.5. The predicted octanol–water partition coefficient (Wildman–Crippen LogP) is -1.05. The maximum Gasteiger partial charge on any atom is 0.0987 e. The van der Waals surface area contributed by atoms with Crippen LogP contribution >= 0.6 is 0 Å². The van der Waals surface area contributed by atoms with Gasteiger partial charge in [-0.05, 0) is 37.1 Å². The molecule has 1 fully saturated rings. The molecule has 0 bridgehead atoms. The predicted molar refractivity (Wildman–Crippen MR) is 74.1 cm³/mol. The Morgan fingerprint density at radius 1 is 1.22 bits per heavy atom. The summed E-state index contributed by atoms with van der Waals surface area (Å²) in [5.74, 6) is 0. The number of hydrogen-bond donors (Lipinski definition) is 1. The topological polar surface area (TPSA) is 29.3 Å². The van der Waals surface area contributed by atoms with Gasteiger partial charge in [0.1, 0.15) is 0 Å². The van der Waals surface area contributed by atoms with Gasteiger partial charge in [0.05, 0.1) is 33.7 Å². The van der Waals surface area contributed by atoms with Gasteiger partial charge in [-0.15, -0.1) is 0 Å². The molecule has 0 amide bonds. The van der Waals surface area contributed by atoms with E-state index in [1.807, 2.05) is 12.1 Å². The molecule has 0 radical (unpaired) electrons. The monoisotopic (exact) mass is 269 g/mol. The van der Waals surface area contributed by atoms with E-state index in [2.05, 4.69) is 38.2 Å². The Kier molecular flexibility index (Phi) is 4.88. The molecule has 1 aromatic carbocycles. The van der Waals surface area contributed by atoms with Gasteiger partial charge in [0, 0.05) is 17.9 Å². The van der Waals surface area contributed by atoms with Gasteiger partial charge in [0.2, 0.25) is 0 Å². The molecule has 0 saturated carbocycles. The van der Waals surface area contributed by atoms with Crippen molar-refractivity contribution in [2.45, 2.75) is 18.9 Å². The summed E-state index contributed by atoms with van der Waals surface area (Å²) in [5, 5.41) is 0. The third kappa shape index (κ3) is 3.79. The van der Waals surface area contributed by atoms with Crippen molar-refractivity contribution in [3.8, 4) is 0 Å². The van der Waals surface area contributed by atoms with Crippen LogP contribution in [0.5, 0.6) is 0 Å². The third-order valence-electron chi connectivity index (χ3n) is 3.36. The summed E-state index contributed by atoms with van der Waals surface area (Å²) < 4.78 is 1.02. The smallest absolute Gasteiger partial charge is 0.0987 e. The molecular formula is C14H24ClN3. The van der Waals surface area contributed by atoms with Crippen molar-refractivity contribution in [2.75, 3.05) is 44.9 Å². The molecule has 2 N–H and O–H groups in total. The number of quaternary nitrogens is 1. The lowest BCUT2D eigenvalue weighted by molar-refractivity contribution is -0.871. The van der Waals surface area contributed by atoms with E-state index in [1.54, 1.807) is 0 Å². The molecule has 1 heterocycles. The Balaban J connectivity index is 0.00000162. The van der Waals surface area contributed by atoms with E-state index in [0.29, 0.717) is 6.04 Å². The number of nitrogens with two attached hydrogens (primary N) is 1. The summed E-state index contributed by atoms with van der Waals surface area (Å²) in [6, 6.07) is 8.94. The van der Waals surface area contributed by atoms with Crippen LogP contribution in [-0.4, -0.2) is 44.8 Å². The van der Waals surface area contributed by atoms with Crippen LogP contribution < -0.4 is 23.0 Å². The lowest BCUT2D eigenvalue weighted by Crippen LogP contribution is -3.00. The highest BCUT2D eigenvalue weighted by molar-refractivity contribution is 5.54. The molecule has 18 heavy (non-hydrogen) atoms. The van der Waals surface area contributed by atoms with Crippen LogP contribution in [0.1, 0.15) is 12.8 Å². The number of benzene rings is 1. The SMILES string of the molecule is C[N+](C)(C)CC1CCCN1c1ccc(N)cc1.[Cl-]. The largest absolute Gasteiger partial charge is 1.00 e. The van der Waals surface area contributed by atoms with Gasteiger partial charge in [0.15, 0.2) is 0 Å². The van der Waals surface area contributed by atoms with E-state index in [4.69, 9.17) is 5.73 Å². The summed E-state index contributed by atoms with van der Waals surface area (Å²) in [7, 11) is 6.79. The average molecular weight is 270 g/mol. The number of halogens is 1. The summed E-state index contributed by atoms with van der Waals surface area (Å²) in [5.41, 5.74) is 7.90. The quantitative estimate of drug-likeness (QED) is 0.561. The van der Waals surface area contributed by atoms with Crippen LogP contribution in [0, 0.1) is 0 Å². The molecule has 4 heteroatoms. The second-order valence-electron chi connectivity index (χ2n) is 6.05. The summed E-state index contributed by atoms with van der Waals surface area (Å²) in [6.07, 6.45) is 2.61. The Hall–Kier alpha value is -0.930. The first-order valence-corrected chi connectivity index (χ1v) is 6.38. The van der Waals surface area contributed by atoms with Crippen LogP contribution in [0.3, 0.4) is 0 Å². The van der Waals surface area contributed by atoms with E-state index in [-0.39, 0.29) is 12.4 Å². The standard InChI is InChI=1S/C14H24N3.ClH/c1-17(2,3)11-14-5-4-10-16(14)13-8-6-12(15)7-9-13;/h6-9,14H,4-5,10-11,15H2,1-3H3;1H/q+1;/p-1. The number of anilines is 2. The van der Waals surface area contributed by atoms with E-state index in [9.17, 15) is 0 Å².